The molecule has 1 N–H and O–H groups in total. The Kier molecular flexibility index (Phi) is 4.86. The van der Waals surface area contributed by atoms with E-state index in [4.69, 9.17) is 4.74 Å². The molecule has 0 aliphatic rings. The minimum atomic E-state index is 0.652. The summed E-state index contributed by atoms with van der Waals surface area (Å²) in [4.78, 5) is 7.75. The molecule has 0 saturated heterocycles. The third kappa shape index (κ3) is 4.42. The number of nitrogens with one attached hydrogen (secondary N) is 1. The van der Waals surface area contributed by atoms with E-state index in [0.717, 1.165) is 26.0 Å². The monoisotopic (exact) mass is 181 g/mol. The van der Waals surface area contributed by atoms with Gasteiger partial charge in [0.1, 0.15) is 6.33 Å². The molecule has 13 heavy (non-hydrogen) atoms. The Morgan fingerprint density at radius 3 is 3.08 bits per heavy atom. The summed E-state index contributed by atoms with van der Waals surface area (Å²) in [6, 6.07) is 1.76. The first-order valence-electron chi connectivity index (χ1n) is 4.47. The number of nitrogens with zero attached hydrogens (tertiary/aromatic N) is 2. The minimum Gasteiger partial charge on any atom is -0.478 e. The van der Waals surface area contributed by atoms with Gasteiger partial charge in [0.05, 0.1) is 6.61 Å². The van der Waals surface area contributed by atoms with Crippen molar-refractivity contribution < 1.29 is 4.74 Å². The van der Waals surface area contributed by atoms with Crippen molar-refractivity contribution in [3.05, 3.63) is 18.6 Å². The van der Waals surface area contributed by atoms with Gasteiger partial charge < -0.3 is 10.1 Å². The number of rotatable bonds is 6. The average Bonchev–Trinajstić information content (AvgIpc) is 2.19. The molecule has 1 aromatic rings. The number of unbranched alkanes of at least 4 members (excludes halogenated alkanes) is 1. The van der Waals surface area contributed by atoms with Gasteiger partial charge in [-0.15, -0.1) is 0 Å². The van der Waals surface area contributed by atoms with Gasteiger partial charge in [-0.25, -0.2) is 9.97 Å². The summed E-state index contributed by atoms with van der Waals surface area (Å²) in [6.07, 6.45) is 5.34. The largest absolute Gasteiger partial charge is 0.478 e. The molecule has 0 amide bonds. The lowest BCUT2D eigenvalue weighted by Gasteiger charge is -2.03. The van der Waals surface area contributed by atoms with E-state index in [2.05, 4.69) is 15.3 Å². The molecule has 4 nitrogen and oxygen atoms in total. The zero-order valence-corrected chi connectivity index (χ0v) is 7.86. The summed E-state index contributed by atoms with van der Waals surface area (Å²) in [7, 11) is 1.95. The Balaban J connectivity index is 2.07. The van der Waals surface area contributed by atoms with E-state index in [-0.39, 0.29) is 0 Å². The molecule has 0 unspecified atom stereocenters. The van der Waals surface area contributed by atoms with Gasteiger partial charge in [-0.1, -0.05) is 0 Å². The molecule has 0 saturated carbocycles. The number of hydrogen-bond acceptors (Lipinski definition) is 4. The predicted octanol–water partition coefficient (Wildman–Crippen LogP) is 0.855. The van der Waals surface area contributed by atoms with Crippen LogP contribution < -0.4 is 10.1 Å². The molecular weight excluding hydrogens is 166 g/mol. The summed E-state index contributed by atoms with van der Waals surface area (Å²) in [6.45, 7) is 1.76. The van der Waals surface area contributed by atoms with Crippen molar-refractivity contribution >= 4 is 0 Å². The van der Waals surface area contributed by atoms with Crippen LogP contribution in [0.5, 0.6) is 5.88 Å². The molecule has 0 fully saturated rings. The maximum atomic E-state index is 5.37. The molecule has 0 spiro atoms. The summed E-state index contributed by atoms with van der Waals surface area (Å²) < 4.78 is 5.37. The lowest BCUT2D eigenvalue weighted by atomic mass is 10.3. The average molecular weight is 181 g/mol. The van der Waals surface area contributed by atoms with Crippen LogP contribution >= 0.6 is 0 Å². The lowest BCUT2D eigenvalue weighted by Crippen LogP contribution is -2.09. The fourth-order valence-corrected chi connectivity index (χ4v) is 0.945. The molecule has 72 valence electrons. The highest BCUT2D eigenvalue weighted by molar-refractivity contribution is 5.03. The maximum absolute atomic E-state index is 5.37. The number of aromatic nitrogens is 2. The van der Waals surface area contributed by atoms with Crippen LogP contribution in [0.25, 0.3) is 0 Å². The fraction of sp³-hybridized carbons (Fsp3) is 0.556. The van der Waals surface area contributed by atoms with Gasteiger partial charge in [0.2, 0.25) is 5.88 Å². The van der Waals surface area contributed by atoms with E-state index >= 15 is 0 Å². The summed E-state index contributed by atoms with van der Waals surface area (Å²) in [5, 5.41) is 3.09. The standard InChI is InChI=1S/C9H15N3O/c1-10-5-2-3-7-13-9-4-6-11-8-12-9/h4,6,8,10H,2-3,5,7H2,1H3. The van der Waals surface area contributed by atoms with E-state index in [1.165, 1.54) is 6.33 Å². The van der Waals surface area contributed by atoms with Crippen molar-refractivity contribution in [1.82, 2.24) is 15.3 Å². The third-order valence-corrected chi connectivity index (χ3v) is 1.63. The van der Waals surface area contributed by atoms with Crippen molar-refractivity contribution in [3.8, 4) is 5.88 Å². The smallest absolute Gasteiger partial charge is 0.216 e. The van der Waals surface area contributed by atoms with Crippen LogP contribution in [0.4, 0.5) is 0 Å². The Hall–Kier alpha value is -1.16. The van der Waals surface area contributed by atoms with E-state index in [0.29, 0.717) is 5.88 Å². The Morgan fingerprint density at radius 1 is 1.46 bits per heavy atom. The second-order valence-electron chi connectivity index (χ2n) is 2.71. The van der Waals surface area contributed by atoms with Crippen molar-refractivity contribution in [2.75, 3.05) is 20.2 Å². The Labute approximate surface area is 78.4 Å². The first-order valence-corrected chi connectivity index (χ1v) is 4.47. The third-order valence-electron chi connectivity index (χ3n) is 1.63. The van der Waals surface area contributed by atoms with Gasteiger partial charge in [-0.2, -0.15) is 0 Å². The quantitative estimate of drug-likeness (QED) is 0.661. The summed E-state index contributed by atoms with van der Waals surface area (Å²) in [5.41, 5.74) is 0. The van der Waals surface area contributed by atoms with Crippen molar-refractivity contribution in [1.29, 1.82) is 0 Å². The first-order chi connectivity index (χ1) is 6.43. The van der Waals surface area contributed by atoms with Crippen LogP contribution in [0, 0.1) is 0 Å². The molecule has 4 heteroatoms. The van der Waals surface area contributed by atoms with Gasteiger partial charge >= 0.3 is 0 Å². The highest BCUT2D eigenvalue weighted by Crippen LogP contribution is 2.02. The molecule has 0 aliphatic heterocycles. The molecule has 0 bridgehead atoms. The highest BCUT2D eigenvalue weighted by atomic mass is 16.5. The molecular formula is C9H15N3O. The van der Waals surface area contributed by atoms with Crippen LogP contribution in [0.1, 0.15) is 12.8 Å². The summed E-state index contributed by atoms with van der Waals surface area (Å²) in [5.74, 6) is 0.652. The normalized spacial score (nSPS) is 9.92. The lowest BCUT2D eigenvalue weighted by molar-refractivity contribution is 0.294. The van der Waals surface area contributed by atoms with Gasteiger partial charge in [0.15, 0.2) is 0 Å². The van der Waals surface area contributed by atoms with Crippen molar-refractivity contribution in [2.24, 2.45) is 0 Å². The molecule has 0 atom stereocenters. The molecule has 0 aliphatic carbocycles. The highest BCUT2D eigenvalue weighted by Gasteiger charge is 1.92. The SMILES string of the molecule is CNCCCCOc1ccncn1. The molecule has 0 radical (unpaired) electrons. The van der Waals surface area contributed by atoms with Crippen LogP contribution in [-0.4, -0.2) is 30.2 Å². The van der Waals surface area contributed by atoms with Gasteiger partial charge in [-0.05, 0) is 26.4 Å². The van der Waals surface area contributed by atoms with Crippen LogP contribution in [0.15, 0.2) is 18.6 Å². The zero-order valence-electron chi connectivity index (χ0n) is 7.86. The maximum Gasteiger partial charge on any atom is 0.216 e. The first kappa shape index (κ1) is 9.92. The Morgan fingerprint density at radius 2 is 2.38 bits per heavy atom. The van der Waals surface area contributed by atoms with Gasteiger partial charge in [-0.3, -0.25) is 0 Å². The molecule has 0 aromatic carbocycles. The number of hydrogen-bond donors (Lipinski definition) is 1. The van der Waals surface area contributed by atoms with Crippen LogP contribution in [-0.2, 0) is 0 Å². The van der Waals surface area contributed by atoms with E-state index < -0.39 is 0 Å². The van der Waals surface area contributed by atoms with Crippen molar-refractivity contribution in [3.63, 3.8) is 0 Å². The van der Waals surface area contributed by atoms with E-state index in [1.54, 1.807) is 12.3 Å². The molecule has 1 heterocycles. The zero-order chi connectivity index (χ0) is 9.36. The van der Waals surface area contributed by atoms with Crippen LogP contribution in [0.3, 0.4) is 0 Å². The topological polar surface area (TPSA) is 47.0 Å². The Bertz CT molecular complexity index is 215. The summed E-state index contributed by atoms with van der Waals surface area (Å²) >= 11 is 0. The van der Waals surface area contributed by atoms with Gasteiger partial charge in [0.25, 0.3) is 0 Å². The second kappa shape index (κ2) is 6.37. The van der Waals surface area contributed by atoms with E-state index in [9.17, 15) is 0 Å². The molecule has 1 rings (SSSR count). The van der Waals surface area contributed by atoms with E-state index in [1.807, 2.05) is 7.05 Å². The fourth-order valence-electron chi connectivity index (χ4n) is 0.945. The molecule has 1 aromatic heterocycles. The minimum absolute atomic E-state index is 0.652. The van der Waals surface area contributed by atoms with Crippen LogP contribution in [0.2, 0.25) is 0 Å². The van der Waals surface area contributed by atoms with Gasteiger partial charge in [0, 0.05) is 12.3 Å². The van der Waals surface area contributed by atoms with Crippen molar-refractivity contribution in [2.45, 2.75) is 12.8 Å². The number of ether oxygens (including phenoxy) is 1. The second-order valence-corrected chi connectivity index (χ2v) is 2.71. The predicted molar refractivity (Wildman–Crippen MR) is 50.7 cm³/mol.